The molecule has 12 heteroatoms. The van der Waals surface area contributed by atoms with E-state index in [0.29, 0.717) is 5.56 Å². The molecule has 4 amide bonds. The minimum absolute atomic E-state index is 0.0113. The quantitative estimate of drug-likeness (QED) is 0.173. The molecule has 2 saturated heterocycles. The topological polar surface area (TPSA) is 138 Å². The standard InChI is InChI=1S/C33H25ClFN3O7/c1-33-24(30(41)37(32(33)43)19-8-13-26(35)25(34)14-19)15-23-21(28(33)16-2-9-20(39)10-3-16)11-12-22-27(23)31(42)36(29(22)40)17-4-6-18(7-5-17)38(44)45/h2-11,13-14,22-24,27-28,39H,12,15H2,1H3/t22-,23+,24-,27-,28-,33+/m0/s1. The number of fused-ring (bicyclic) bond motifs is 4. The lowest BCUT2D eigenvalue weighted by Gasteiger charge is -2.49. The Kier molecular flexibility index (Phi) is 6.45. The van der Waals surface area contributed by atoms with Crippen molar-refractivity contribution >= 4 is 52.3 Å². The van der Waals surface area contributed by atoms with Gasteiger partial charge in [-0.25, -0.2) is 9.29 Å². The lowest BCUT2D eigenvalue weighted by molar-refractivity contribution is -0.384. The fourth-order valence-electron chi connectivity index (χ4n) is 7.91. The molecule has 6 atom stereocenters. The van der Waals surface area contributed by atoms with E-state index in [-0.39, 0.29) is 40.7 Å². The molecule has 2 heterocycles. The molecule has 1 N–H and O–H groups in total. The van der Waals surface area contributed by atoms with Gasteiger partial charge in [0, 0.05) is 18.1 Å². The van der Waals surface area contributed by atoms with Gasteiger partial charge in [-0.05, 0) is 73.7 Å². The van der Waals surface area contributed by atoms with Crippen molar-refractivity contribution in [3.8, 4) is 5.75 Å². The number of non-ortho nitro benzene ring substituents is 1. The van der Waals surface area contributed by atoms with Crippen molar-refractivity contribution in [2.75, 3.05) is 9.80 Å². The molecule has 228 valence electrons. The Bertz CT molecular complexity index is 1860. The summed E-state index contributed by atoms with van der Waals surface area (Å²) in [6.45, 7) is 1.72. The fourth-order valence-corrected chi connectivity index (χ4v) is 8.09. The summed E-state index contributed by atoms with van der Waals surface area (Å²) in [6, 6.07) is 15.1. The maximum absolute atomic E-state index is 14.4. The molecule has 0 spiro atoms. The number of anilines is 2. The highest BCUT2D eigenvalue weighted by molar-refractivity contribution is 6.32. The molecule has 3 fully saturated rings. The lowest BCUT2D eigenvalue weighted by atomic mass is 9.51. The number of hydrogen-bond acceptors (Lipinski definition) is 7. The van der Waals surface area contributed by atoms with Crippen LogP contribution < -0.4 is 9.80 Å². The number of nitro groups is 1. The van der Waals surface area contributed by atoms with Crippen molar-refractivity contribution in [3.63, 3.8) is 0 Å². The first-order chi connectivity index (χ1) is 21.4. The van der Waals surface area contributed by atoms with E-state index in [1.165, 1.54) is 48.5 Å². The van der Waals surface area contributed by atoms with Crippen LogP contribution in [-0.2, 0) is 19.2 Å². The number of nitrogens with zero attached hydrogens (tertiary/aromatic N) is 3. The summed E-state index contributed by atoms with van der Waals surface area (Å²) in [7, 11) is 0. The summed E-state index contributed by atoms with van der Waals surface area (Å²) in [6.07, 6.45) is 2.23. The van der Waals surface area contributed by atoms with E-state index < -0.39 is 69.4 Å². The number of benzene rings is 3. The Morgan fingerprint density at radius 3 is 2.22 bits per heavy atom. The fraction of sp³-hybridized carbons (Fsp3) is 0.273. The third-order valence-corrected chi connectivity index (χ3v) is 10.3. The highest BCUT2D eigenvalue weighted by Gasteiger charge is 2.67. The molecule has 45 heavy (non-hydrogen) atoms. The van der Waals surface area contributed by atoms with Gasteiger partial charge in [0.05, 0.1) is 44.5 Å². The highest BCUT2D eigenvalue weighted by Crippen LogP contribution is 2.63. The summed E-state index contributed by atoms with van der Waals surface area (Å²) < 4.78 is 14.0. The lowest BCUT2D eigenvalue weighted by Crippen LogP contribution is -2.48. The number of phenolic OH excluding ortho intramolecular Hbond substituents is 1. The second-order valence-electron chi connectivity index (χ2n) is 12.1. The Balaban J connectivity index is 1.33. The highest BCUT2D eigenvalue weighted by atomic mass is 35.5. The summed E-state index contributed by atoms with van der Waals surface area (Å²) in [4.78, 5) is 69.0. The monoisotopic (exact) mass is 629 g/mol. The van der Waals surface area contributed by atoms with Crippen LogP contribution in [0.25, 0.3) is 0 Å². The van der Waals surface area contributed by atoms with Crippen molar-refractivity contribution in [1.82, 2.24) is 0 Å². The van der Waals surface area contributed by atoms with Crippen LogP contribution in [0.4, 0.5) is 21.5 Å². The van der Waals surface area contributed by atoms with E-state index in [2.05, 4.69) is 0 Å². The second-order valence-corrected chi connectivity index (χ2v) is 12.5. The number of carbonyl (C=O) groups is 4. The Labute approximate surface area is 260 Å². The van der Waals surface area contributed by atoms with Gasteiger partial charge in [-0.2, -0.15) is 0 Å². The van der Waals surface area contributed by atoms with E-state index in [0.717, 1.165) is 21.4 Å². The molecule has 1 saturated carbocycles. The number of imide groups is 2. The number of amides is 4. The number of phenols is 1. The van der Waals surface area contributed by atoms with Crippen molar-refractivity contribution in [2.45, 2.75) is 25.7 Å². The minimum Gasteiger partial charge on any atom is -0.508 e. The number of rotatable bonds is 4. The van der Waals surface area contributed by atoms with E-state index in [1.54, 1.807) is 19.1 Å². The Morgan fingerprint density at radius 1 is 0.911 bits per heavy atom. The molecule has 2 aliphatic heterocycles. The van der Waals surface area contributed by atoms with E-state index in [1.807, 2.05) is 6.08 Å². The molecule has 7 rings (SSSR count). The zero-order valence-electron chi connectivity index (χ0n) is 23.7. The molecule has 0 bridgehead atoms. The molecule has 2 aliphatic carbocycles. The van der Waals surface area contributed by atoms with Crippen LogP contribution in [0, 0.1) is 45.0 Å². The predicted octanol–water partition coefficient (Wildman–Crippen LogP) is 5.53. The predicted molar refractivity (Wildman–Crippen MR) is 160 cm³/mol. The zero-order chi connectivity index (χ0) is 31.9. The molecule has 0 aromatic heterocycles. The molecule has 3 aromatic carbocycles. The smallest absolute Gasteiger partial charge is 0.269 e. The van der Waals surface area contributed by atoms with Crippen molar-refractivity contribution in [2.24, 2.45) is 29.1 Å². The Morgan fingerprint density at radius 2 is 1.58 bits per heavy atom. The molecular weight excluding hydrogens is 605 g/mol. The average molecular weight is 630 g/mol. The van der Waals surface area contributed by atoms with Crippen molar-refractivity contribution in [1.29, 1.82) is 0 Å². The summed E-state index contributed by atoms with van der Waals surface area (Å²) in [5, 5.41) is 20.9. The molecule has 3 aromatic rings. The zero-order valence-corrected chi connectivity index (χ0v) is 24.5. The summed E-state index contributed by atoms with van der Waals surface area (Å²) in [5.41, 5.74) is 0.259. The third kappa shape index (κ3) is 4.06. The first-order valence-corrected chi connectivity index (χ1v) is 14.8. The maximum atomic E-state index is 14.4. The van der Waals surface area contributed by atoms with Gasteiger partial charge in [0.1, 0.15) is 11.6 Å². The van der Waals surface area contributed by atoms with Crippen LogP contribution in [0.1, 0.15) is 31.2 Å². The van der Waals surface area contributed by atoms with Crippen LogP contribution in [0.5, 0.6) is 5.75 Å². The largest absolute Gasteiger partial charge is 0.508 e. The van der Waals surface area contributed by atoms with E-state index in [9.17, 15) is 38.8 Å². The maximum Gasteiger partial charge on any atom is 0.269 e. The number of carbonyl (C=O) groups excluding carboxylic acids is 4. The van der Waals surface area contributed by atoms with Crippen molar-refractivity contribution < 1.29 is 33.6 Å². The van der Waals surface area contributed by atoms with Gasteiger partial charge in [0.2, 0.25) is 23.6 Å². The van der Waals surface area contributed by atoms with Gasteiger partial charge in [-0.3, -0.25) is 34.2 Å². The van der Waals surface area contributed by atoms with Gasteiger partial charge in [-0.15, -0.1) is 0 Å². The average Bonchev–Trinajstić information content (AvgIpc) is 3.38. The number of hydrogen-bond donors (Lipinski definition) is 1. The van der Waals surface area contributed by atoms with Crippen LogP contribution >= 0.6 is 11.6 Å². The molecule has 0 radical (unpaired) electrons. The molecule has 0 unspecified atom stereocenters. The van der Waals surface area contributed by atoms with Crippen LogP contribution in [-0.4, -0.2) is 33.7 Å². The van der Waals surface area contributed by atoms with Gasteiger partial charge in [0.25, 0.3) is 5.69 Å². The first-order valence-electron chi connectivity index (χ1n) is 14.4. The molecular formula is C33H25ClFN3O7. The van der Waals surface area contributed by atoms with Crippen LogP contribution in [0.15, 0.2) is 78.4 Å². The normalized spacial score (nSPS) is 29.0. The third-order valence-electron chi connectivity index (χ3n) is 9.98. The second kappa shape index (κ2) is 10.1. The molecule has 10 nitrogen and oxygen atoms in total. The van der Waals surface area contributed by atoms with E-state index in [4.69, 9.17) is 11.6 Å². The number of allylic oxidation sites excluding steroid dienone is 2. The number of halogens is 2. The molecule has 4 aliphatic rings. The van der Waals surface area contributed by atoms with Crippen LogP contribution in [0.2, 0.25) is 5.02 Å². The minimum atomic E-state index is -1.31. The SMILES string of the molecule is C[C@@]12C(=O)N(c3ccc(F)c(Cl)c3)C(=O)[C@@H]1C[C@@H]1C(=CC[C@@H]3C(=O)N(c4ccc([N+](=O)[O-])cc4)C(=O)[C@@H]31)[C@@H]2c1ccc(O)cc1. The van der Waals surface area contributed by atoms with Gasteiger partial charge in [0.15, 0.2) is 0 Å². The van der Waals surface area contributed by atoms with Crippen molar-refractivity contribution in [3.05, 3.63) is 105 Å². The first kappa shape index (κ1) is 28.8. The number of aromatic hydroxyl groups is 1. The van der Waals surface area contributed by atoms with Gasteiger partial charge < -0.3 is 5.11 Å². The van der Waals surface area contributed by atoms with Gasteiger partial charge in [-0.1, -0.05) is 35.4 Å². The Hall–Kier alpha value is -4.90. The van der Waals surface area contributed by atoms with E-state index >= 15 is 0 Å². The number of nitro benzene ring substituents is 1. The van der Waals surface area contributed by atoms with Crippen LogP contribution in [0.3, 0.4) is 0 Å². The van der Waals surface area contributed by atoms with Gasteiger partial charge >= 0.3 is 0 Å². The summed E-state index contributed by atoms with van der Waals surface area (Å²) >= 11 is 6.03. The summed E-state index contributed by atoms with van der Waals surface area (Å²) in [5.74, 6) is -6.30.